The molecule has 7 nitrogen and oxygen atoms in total. The van der Waals surface area contributed by atoms with E-state index < -0.39 is 10.5 Å². The number of hydrogen-bond donors (Lipinski definition) is 0. The van der Waals surface area contributed by atoms with E-state index in [9.17, 15) is 14.9 Å². The van der Waals surface area contributed by atoms with Crippen LogP contribution in [0.3, 0.4) is 0 Å². The molecule has 1 heterocycles. The molecule has 0 amide bonds. The van der Waals surface area contributed by atoms with E-state index in [1.165, 1.54) is 24.3 Å². The summed E-state index contributed by atoms with van der Waals surface area (Å²) >= 11 is 0. The minimum absolute atomic E-state index is 0.0443. The van der Waals surface area contributed by atoms with Crippen LogP contribution in [-0.2, 0) is 0 Å². The molecule has 3 rings (SSSR count). The molecule has 0 atom stereocenters. The lowest BCUT2D eigenvalue weighted by Gasteiger charge is -2.12. The number of nitrogens with zero attached hydrogens (tertiary/aromatic N) is 3. The zero-order valence-electron chi connectivity index (χ0n) is 13.7. The maximum atomic E-state index is 11.9. The third-order valence-electron chi connectivity index (χ3n) is 3.66. The topological polar surface area (TPSA) is 89.5 Å². The summed E-state index contributed by atoms with van der Waals surface area (Å²) in [5.41, 5.74) is 1.93. The fraction of sp³-hybridized carbons (Fsp3) is 0.111. The first kappa shape index (κ1) is 16.4. The van der Waals surface area contributed by atoms with Crippen molar-refractivity contribution in [2.75, 3.05) is 19.0 Å². The Kier molecular flexibility index (Phi) is 4.30. The second kappa shape index (κ2) is 6.56. The van der Waals surface area contributed by atoms with Crippen LogP contribution < -0.4 is 10.5 Å². The van der Waals surface area contributed by atoms with Gasteiger partial charge in [-0.25, -0.2) is 9.78 Å². The predicted molar refractivity (Wildman–Crippen MR) is 94.6 cm³/mol. The molecule has 0 radical (unpaired) electrons. The van der Waals surface area contributed by atoms with E-state index in [1.807, 2.05) is 43.3 Å². The third kappa shape index (κ3) is 3.55. The maximum Gasteiger partial charge on any atom is 0.339 e. The normalized spacial score (nSPS) is 10.5. The average Bonchev–Trinajstić information content (AvgIpc) is 2.61. The van der Waals surface area contributed by atoms with Crippen LogP contribution in [0.2, 0.25) is 0 Å². The van der Waals surface area contributed by atoms with Crippen molar-refractivity contribution >= 4 is 11.4 Å². The van der Waals surface area contributed by atoms with Gasteiger partial charge in [-0.1, -0.05) is 18.2 Å². The summed E-state index contributed by atoms with van der Waals surface area (Å²) in [5.74, 6) is 0.0443. The Labute approximate surface area is 143 Å². The highest BCUT2D eigenvalue weighted by molar-refractivity contribution is 5.65. The standard InChI is InChI=1S/C18H15N3O4/c1-20(2)14-8-6-12(7-9-14)16-11-17(22)25-18(19-16)13-4-3-5-15(10-13)21(23)24/h3-11H,1-2H3. The van der Waals surface area contributed by atoms with Crippen LogP contribution in [0.5, 0.6) is 0 Å². The Hall–Kier alpha value is -3.48. The van der Waals surface area contributed by atoms with Crippen LogP contribution in [-0.4, -0.2) is 24.0 Å². The molecule has 0 aliphatic heterocycles. The fourth-order valence-corrected chi connectivity index (χ4v) is 2.36. The molecule has 0 N–H and O–H groups in total. The Balaban J connectivity index is 2.05. The Morgan fingerprint density at radius 2 is 1.76 bits per heavy atom. The van der Waals surface area contributed by atoms with E-state index in [4.69, 9.17) is 4.42 Å². The van der Waals surface area contributed by atoms with Gasteiger partial charge < -0.3 is 9.32 Å². The second-order valence-electron chi connectivity index (χ2n) is 5.62. The molecular weight excluding hydrogens is 322 g/mol. The maximum absolute atomic E-state index is 11.9. The number of benzene rings is 2. The molecule has 0 saturated heterocycles. The molecule has 0 aliphatic rings. The highest BCUT2D eigenvalue weighted by Gasteiger charge is 2.12. The number of anilines is 1. The molecule has 1 aromatic heterocycles. The molecule has 2 aromatic carbocycles. The van der Waals surface area contributed by atoms with Gasteiger partial charge >= 0.3 is 5.63 Å². The first-order chi connectivity index (χ1) is 11.9. The molecule has 0 saturated carbocycles. The molecule has 3 aromatic rings. The van der Waals surface area contributed by atoms with Crippen molar-refractivity contribution in [3.63, 3.8) is 0 Å². The number of nitro benzene ring substituents is 1. The minimum Gasteiger partial charge on any atom is -0.404 e. The molecule has 0 spiro atoms. The van der Waals surface area contributed by atoms with Gasteiger partial charge in [0.25, 0.3) is 5.69 Å². The largest absolute Gasteiger partial charge is 0.404 e. The van der Waals surface area contributed by atoms with Crippen molar-refractivity contribution in [1.29, 1.82) is 0 Å². The van der Waals surface area contributed by atoms with Crippen LogP contribution in [0.25, 0.3) is 22.7 Å². The van der Waals surface area contributed by atoms with E-state index in [1.54, 1.807) is 6.07 Å². The molecular formula is C18H15N3O4. The van der Waals surface area contributed by atoms with Crippen molar-refractivity contribution in [3.8, 4) is 22.7 Å². The molecule has 0 aliphatic carbocycles. The van der Waals surface area contributed by atoms with Crippen molar-refractivity contribution in [3.05, 3.63) is 75.1 Å². The number of non-ortho nitro benzene ring substituents is 1. The number of aromatic nitrogens is 1. The number of rotatable bonds is 4. The Morgan fingerprint density at radius 3 is 2.40 bits per heavy atom. The molecule has 25 heavy (non-hydrogen) atoms. The van der Waals surface area contributed by atoms with Crippen LogP contribution in [0.4, 0.5) is 11.4 Å². The lowest BCUT2D eigenvalue weighted by Crippen LogP contribution is -2.08. The summed E-state index contributed by atoms with van der Waals surface area (Å²) in [4.78, 5) is 28.6. The van der Waals surface area contributed by atoms with Gasteiger partial charge in [-0.05, 0) is 18.2 Å². The second-order valence-corrected chi connectivity index (χ2v) is 5.62. The van der Waals surface area contributed by atoms with Crippen LogP contribution in [0.15, 0.2) is 63.8 Å². The van der Waals surface area contributed by atoms with E-state index >= 15 is 0 Å². The highest BCUT2D eigenvalue weighted by Crippen LogP contribution is 2.25. The zero-order chi connectivity index (χ0) is 18.0. The van der Waals surface area contributed by atoms with Crippen LogP contribution >= 0.6 is 0 Å². The number of hydrogen-bond acceptors (Lipinski definition) is 6. The van der Waals surface area contributed by atoms with Gasteiger partial charge in [0.15, 0.2) is 0 Å². The molecule has 0 unspecified atom stereocenters. The summed E-state index contributed by atoms with van der Waals surface area (Å²) in [7, 11) is 3.87. The lowest BCUT2D eigenvalue weighted by atomic mass is 10.1. The first-order valence-corrected chi connectivity index (χ1v) is 7.49. The van der Waals surface area contributed by atoms with Gasteiger partial charge in [0.2, 0.25) is 5.89 Å². The molecule has 126 valence electrons. The van der Waals surface area contributed by atoms with Crippen molar-refractivity contribution in [2.45, 2.75) is 0 Å². The summed E-state index contributed by atoms with van der Waals surface area (Å²) < 4.78 is 5.12. The summed E-state index contributed by atoms with van der Waals surface area (Å²) in [6.45, 7) is 0. The van der Waals surface area contributed by atoms with Crippen molar-refractivity contribution in [2.24, 2.45) is 0 Å². The monoisotopic (exact) mass is 337 g/mol. The van der Waals surface area contributed by atoms with E-state index in [-0.39, 0.29) is 11.6 Å². The quantitative estimate of drug-likeness (QED) is 0.536. The molecule has 0 bridgehead atoms. The van der Waals surface area contributed by atoms with Gasteiger partial charge in [0, 0.05) is 43.0 Å². The summed E-state index contributed by atoms with van der Waals surface area (Å²) in [6.07, 6.45) is 0. The van der Waals surface area contributed by atoms with E-state index in [0.717, 1.165) is 11.3 Å². The van der Waals surface area contributed by atoms with Gasteiger partial charge in [0.05, 0.1) is 16.7 Å². The van der Waals surface area contributed by atoms with E-state index in [0.29, 0.717) is 11.3 Å². The third-order valence-corrected chi connectivity index (χ3v) is 3.66. The molecule has 0 fully saturated rings. The van der Waals surface area contributed by atoms with Gasteiger partial charge in [-0.2, -0.15) is 0 Å². The van der Waals surface area contributed by atoms with E-state index in [2.05, 4.69) is 4.98 Å². The van der Waals surface area contributed by atoms with Gasteiger partial charge in [-0.15, -0.1) is 0 Å². The zero-order valence-corrected chi connectivity index (χ0v) is 13.7. The van der Waals surface area contributed by atoms with Gasteiger partial charge in [0.1, 0.15) is 0 Å². The van der Waals surface area contributed by atoms with Gasteiger partial charge in [-0.3, -0.25) is 10.1 Å². The number of nitro groups is 1. The smallest absolute Gasteiger partial charge is 0.339 e. The Bertz CT molecular complexity index is 978. The minimum atomic E-state index is -0.566. The first-order valence-electron chi connectivity index (χ1n) is 7.49. The highest BCUT2D eigenvalue weighted by atomic mass is 16.6. The van der Waals surface area contributed by atoms with Crippen molar-refractivity contribution in [1.82, 2.24) is 4.98 Å². The fourth-order valence-electron chi connectivity index (χ4n) is 2.36. The van der Waals surface area contributed by atoms with Crippen LogP contribution in [0.1, 0.15) is 0 Å². The van der Waals surface area contributed by atoms with Crippen molar-refractivity contribution < 1.29 is 9.34 Å². The van der Waals surface area contributed by atoms with Crippen LogP contribution in [0, 0.1) is 10.1 Å². The average molecular weight is 337 g/mol. The lowest BCUT2D eigenvalue weighted by molar-refractivity contribution is -0.384. The summed E-state index contributed by atoms with van der Waals surface area (Å²) in [6, 6.07) is 14.7. The predicted octanol–water partition coefficient (Wildman–Crippen LogP) is 3.34. The SMILES string of the molecule is CN(C)c1ccc(-c2cc(=O)oc(-c3cccc([N+](=O)[O-])c3)n2)cc1. The Morgan fingerprint density at radius 1 is 1.04 bits per heavy atom. The summed E-state index contributed by atoms with van der Waals surface area (Å²) in [5, 5.41) is 10.9. The molecule has 7 heteroatoms.